The van der Waals surface area contributed by atoms with Gasteiger partial charge in [-0.05, 0) is 0 Å². The molecule has 0 atom stereocenters. The first-order valence-electron chi connectivity index (χ1n) is 2.47. The Morgan fingerprint density at radius 1 is 1.00 bits per heavy atom. The first-order chi connectivity index (χ1) is 4.63. The summed E-state index contributed by atoms with van der Waals surface area (Å²) < 4.78 is 0. The Labute approximate surface area is 78.2 Å². The van der Waals surface area contributed by atoms with Crippen molar-refractivity contribution in [3.05, 3.63) is 12.1 Å². The zero-order valence-electron chi connectivity index (χ0n) is 5.17. The van der Waals surface area contributed by atoms with Gasteiger partial charge in [-0.15, -0.1) is 12.1 Å². The Balaban J connectivity index is 0.000001000. The van der Waals surface area contributed by atoms with E-state index in [1.807, 2.05) is 0 Å². The number of aromatic hydroxyl groups is 4. The van der Waals surface area contributed by atoms with Crippen LogP contribution in [0.25, 0.3) is 0 Å². The number of hydrogen-bond acceptors (Lipinski definition) is 4. The minimum atomic E-state index is -0.764. The second-order valence-electron chi connectivity index (χ2n) is 1.72. The quantitative estimate of drug-likeness (QED) is 0.231. The number of rotatable bonds is 0. The Morgan fingerprint density at radius 3 is 2.00 bits per heavy atom. The smallest absolute Gasteiger partial charge is 0.562 e. The molecule has 0 aliphatic rings. The predicted molar refractivity (Wildman–Crippen MR) is 31.9 cm³/mol. The molecule has 0 aromatic heterocycles. The maximum Gasteiger partial charge on any atom is 1.00 e. The Hall–Kier alpha value is -0.840. The molecule has 1 rings (SSSR count). The average Bonchev–Trinajstić information content (AvgIpc) is 1.93. The van der Waals surface area contributed by atoms with Crippen LogP contribution in [0.2, 0.25) is 0 Å². The Bertz CT molecular complexity index is 234. The van der Waals surface area contributed by atoms with Crippen LogP contribution in [-0.2, 0) is 22.4 Å². The fraction of sp³-hybridized carbons (Fsp3) is 0. The molecular weight excluding hydrogens is 244 g/mol. The second-order valence-corrected chi connectivity index (χ2v) is 1.72. The van der Waals surface area contributed by atoms with E-state index < -0.39 is 23.0 Å². The molecule has 0 radical (unpaired) electrons. The molecule has 11 heavy (non-hydrogen) atoms. The van der Waals surface area contributed by atoms with Crippen LogP contribution >= 0.6 is 0 Å². The second kappa shape index (κ2) is 3.52. The van der Waals surface area contributed by atoms with Crippen molar-refractivity contribution < 1.29 is 42.8 Å². The summed E-state index contributed by atoms with van der Waals surface area (Å²) in [6.45, 7) is 0. The summed E-state index contributed by atoms with van der Waals surface area (Å²) in [6, 6.07) is 3.05. The molecule has 1 aromatic rings. The van der Waals surface area contributed by atoms with E-state index in [1.54, 1.807) is 0 Å². The van der Waals surface area contributed by atoms with E-state index in [1.165, 1.54) is 0 Å². The van der Waals surface area contributed by atoms with Gasteiger partial charge in [0.2, 0.25) is 0 Å². The summed E-state index contributed by atoms with van der Waals surface area (Å²) in [7, 11) is 0. The van der Waals surface area contributed by atoms with Crippen LogP contribution in [0.4, 0.5) is 0 Å². The van der Waals surface area contributed by atoms with Gasteiger partial charge in [0, 0.05) is 11.5 Å². The van der Waals surface area contributed by atoms with Crippen molar-refractivity contribution in [2.24, 2.45) is 0 Å². The van der Waals surface area contributed by atoms with Gasteiger partial charge in [0.05, 0.1) is 11.5 Å². The van der Waals surface area contributed by atoms with E-state index in [2.05, 4.69) is 6.07 Å². The molecular formula is C6H5AgO4. The first kappa shape index (κ1) is 10.2. The van der Waals surface area contributed by atoms with Gasteiger partial charge in [0.15, 0.2) is 0 Å². The van der Waals surface area contributed by atoms with Crippen molar-refractivity contribution >= 4 is 0 Å². The molecule has 0 fully saturated rings. The minimum Gasteiger partial charge on any atom is -0.562 e. The van der Waals surface area contributed by atoms with Gasteiger partial charge in [-0.1, -0.05) is 0 Å². The predicted octanol–water partition coefficient (Wildman–Crippen LogP) is 0.307. The molecule has 64 valence electrons. The topological polar surface area (TPSA) is 80.9 Å². The third kappa shape index (κ3) is 1.80. The molecule has 1 aromatic carbocycles. The molecule has 5 heteroatoms. The van der Waals surface area contributed by atoms with Gasteiger partial charge in [0.1, 0.15) is 0 Å². The summed E-state index contributed by atoms with van der Waals surface area (Å²) >= 11 is 0. The molecule has 4 N–H and O–H groups in total. The molecule has 0 aliphatic carbocycles. The largest absolute Gasteiger partial charge is 1.00 e. The summed E-state index contributed by atoms with van der Waals surface area (Å²) in [4.78, 5) is 0. The molecule has 0 bridgehead atoms. The van der Waals surface area contributed by atoms with E-state index in [4.69, 9.17) is 20.4 Å². The van der Waals surface area contributed by atoms with E-state index in [9.17, 15) is 0 Å². The number of phenolic OH excluding ortho intramolecular Hbond substituents is 4. The van der Waals surface area contributed by atoms with Crippen molar-refractivity contribution in [3.63, 3.8) is 0 Å². The van der Waals surface area contributed by atoms with Crippen LogP contribution in [0, 0.1) is 6.07 Å². The maximum absolute atomic E-state index is 8.71. The molecule has 0 aliphatic heterocycles. The average molecular weight is 249 g/mol. The van der Waals surface area contributed by atoms with Gasteiger partial charge < -0.3 is 20.4 Å². The van der Waals surface area contributed by atoms with Crippen molar-refractivity contribution in [3.8, 4) is 23.0 Å². The van der Waals surface area contributed by atoms with Gasteiger partial charge in [-0.2, -0.15) is 0 Å². The van der Waals surface area contributed by atoms with Gasteiger partial charge >= 0.3 is 22.4 Å². The van der Waals surface area contributed by atoms with E-state index in [-0.39, 0.29) is 22.4 Å². The SMILES string of the molecule is Oc1[c-]cc(O)c(O)c1O.[Ag+]. The number of benzene rings is 1. The van der Waals surface area contributed by atoms with Crippen molar-refractivity contribution in [2.75, 3.05) is 0 Å². The van der Waals surface area contributed by atoms with Crippen LogP contribution in [0.1, 0.15) is 0 Å². The Morgan fingerprint density at radius 2 is 1.55 bits per heavy atom. The third-order valence-electron chi connectivity index (χ3n) is 1.04. The van der Waals surface area contributed by atoms with Crippen LogP contribution in [0.5, 0.6) is 23.0 Å². The van der Waals surface area contributed by atoms with Crippen LogP contribution < -0.4 is 0 Å². The molecule has 0 spiro atoms. The van der Waals surface area contributed by atoms with Crippen molar-refractivity contribution in [1.29, 1.82) is 0 Å². The first-order valence-corrected chi connectivity index (χ1v) is 2.47. The molecule has 0 unspecified atom stereocenters. The van der Waals surface area contributed by atoms with Crippen LogP contribution in [0.3, 0.4) is 0 Å². The zero-order valence-corrected chi connectivity index (χ0v) is 6.65. The normalized spacial score (nSPS) is 8.73. The van der Waals surface area contributed by atoms with Crippen molar-refractivity contribution in [2.45, 2.75) is 0 Å². The third-order valence-corrected chi connectivity index (χ3v) is 1.04. The van der Waals surface area contributed by atoms with Crippen LogP contribution in [0.15, 0.2) is 6.07 Å². The van der Waals surface area contributed by atoms with E-state index >= 15 is 0 Å². The van der Waals surface area contributed by atoms with Gasteiger partial charge in [0.25, 0.3) is 0 Å². The zero-order chi connectivity index (χ0) is 7.72. The summed E-state index contributed by atoms with van der Waals surface area (Å²) in [5.74, 6) is -2.61. The molecule has 0 saturated heterocycles. The summed E-state index contributed by atoms with van der Waals surface area (Å²) in [6.07, 6.45) is 0. The standard InChI is InChI=1S/C6H5O4.Ag/c7-3-1-2-4(8)6(10)5(3)9;/h1,7-10H;/q-1;+1. The molecule has 4 nitrogen and oxygen atoms in total. The van der Waals surface area contributed by atoms with E-state index in [0.29, 0.717) is 0 Å². The fourth-order valence-corrected chi connectivity index (χ4v) is 0.507. The number of phenols is 4. The van der Waals surface area contributed by atoms with Crippen molar-refractivity contribution in [1.82, 2.24) is 0 Å². The molecule has 0 amide bonds. The van der Waals surface area contributed by atoms with Gasteiger partial charge in [-0.3, -0.25) is 0 Å². The molecule has 0 heterocycles. The fourth-order valence-electron chi connectivity index (χ4n) is 0.507. The Kier molecular flexibility index (Phi) is 3.25. The maximum atomic E-state index is 8.71. The van der Waals surface area contributed by atoms with Gasteiger partial charge in [-0.25, -0.2) is 0 Å². The minimum absolute atomic E-state index is 0. The molecule has 0 saturated carbocycles. The summed E-state index contributed by atoms with van der Waals surface area (Å²) in [5.41, 5.74) is 0. The monoisotopic (exact) mass is 248 g/mol. The number of hydrogen-bond donors (Lipinski definition) is 4. The van der Waals surface area contributed by atoms with Crippen LogP contribution in [-0.4, -0.2) is 20.4 Å². The summed E-state index contributed by atoms with van der Waals surface area (Å²) in [5, 5.41) is 34.7. The van der Waals surface area contributed by atoms with E-state index in [0.717, 1.165) is 6.07 Å².